The van der Waals surface area contributed by atoms with Gasteiger partial charge >= 0.3 is 0 Å². The number of pyridine rings is 1. The molecule has 1 aromatic carbocycles. The van der Waals surface area contributed by atoms with E-state index in [2.05, 4.69) is 20.5 Å². The van der Waals surface area contributed by atoms with Gasteiger partial charge in [0, 0.05) is 4.88 Å². The number of carbonyl (C=O) groups is 1. The van der Waals surface area contributed by atoms with Gasteiger partial charge in [-0.05, 0) is 47.4 Å². The van der Waals surface area contributed by atoms with Gasteiger partial charge in [0.1, 0.15) is 22.7 Å². The molecule has 0 fully saturated rings. The topological polar surface area (TPSA) is 70.7 Å². The number of carbonyl (C=O) groups excluding carboxylic acids is 1. The highest BCUT2D eigenvalue weighted by Gasteiger charge is 2.11. The van der Waals surface area contributed by atoms with Crippen molar-refractivity contribution in [3.8, 4) is 0 Å². The molecule has 5 nitrogen and oxygen atoms in total. The van der Waals surface area contributed by atoms with Crippen LogP contribution in [0.4, 0.5) is 4.39 Å². The maximum Gasteiger partial charge on any atom is 0.270 e. The lowest BCUT2D eigenvalue weighted by Gasteiger charge is -2.03. The molecule has 4 aromatic rings. The van der Waals surface area contributed by atoms with Crippen LogP contribution in [-0.2, 0) is 6.54 Å². The number of nitrogens with zero attached hydrogens (tertiary/aromatic N) is 2. The van der Waals surface area contributed by atoms with E-state index in [9.17, 15) is 9.18 Å². The number of benzene rings is 1. The lowest BCUT2D eigenvalue weighted by molar-refractivity contribution is 0.0946. The number of nitrogens with one attached hydrogen (secondary N) is 2. The van der Waals surface area contributed by atoms with E-state index < -0.39 is 0 Å². The highest BCUT2D eigenvalue weighted by Crippen LogP contribution is 2.17. The van der Waals surface area contributed by atoms with E-state index in [1.807, 2.05) is 17.5 Å². The largest absolute Gasteiger partial charge is 0.346 e. The molecule has 0 radical (unpaired) electrons. The summed E-state index contributed by atoms with van der Waals surface area (Å²) < 4.78 is 13.3. The molecule has 0 unspecified atom stereocenters. The third kappa shape index (κ3) is 3.93. The zero-order valence-electron chi connectivity index (χ0n) is 14.1. The van der Waals surface area contributed by atoms with Gasteiger partial charge in [0.2, 0.25) is 0 Å². The number of aromatic amines is 1. The fourth-order valence-corrected chi connectivity index (χ4v) is 3.26. The predicted octanol–water partition coefficient (Wildman–Crippen LogP) is 4.26. The molecule has 1 amide bonds. The van der Waals surface area contributed by atoms with Crippen molar-refractivity contribution in [2.24, 2.45) is 0 Å². The van der Waals surface area contributed by atoms with Gasteiger partial charge in [-0.1, -0.05) is 24.3 Å². The molecule has 0 atom stereocenters. The summed E-state index contributed by atoms with van der Waals surface area (Å²) in [6, 6.07) is 13.6. The first-order chi connectivity index (χ1) is 13.2. The van der Waals surface area contributed by atoms with Gasteiger partial charge in [-0.15, -0.1) is 11.3 Å². The fraction of sp³-hybridized carbons (Fsp3) is 0.0500. The summed E-state index contributed by atoms with van der Waals surface area (Å²) in [4.78, 5) is 17.9. The predicted molar refractivity (Wildman–Crippen MR) is 105 cm³/mol. The summed E-state index contributed by atoms with van der Waals surface area (Å²) in [7, 11) is 0. The molecular weight excluding hydrogens is 363 g/mol. The molecule has 7 heteroatoms. The molecule has 4 rings (SSSR count). The van der Waals surface area contributed by atoms with Crippen LogP contribution in [-0.4, -0.2) is 21.1 Å². The van der Waals surface area contributed by atoms with Gasteiger partial charge in [0.25, 0.3) is 5.91 Å². The van der Waals surface area contributed by atoms with E-state index in [-0.39, 0.29) is 11.7 Å². The Morgan fingerprint density at radius 2 is 2.11 bits per heavy atom. The van der Waals surface area contributed by atoms with Crippen LogP contribution < -0.4 is 5.32 Å². The smallest absolute Gasteiger partial charge is 0.270 e. The normalized spacial score (nSPS) is 11.3. The van der Waals surface area contributed by atoms with Gasteiger partial charge in [-0.25, -0.2) is 9.37 Å². The second kappa shape index (κ2) is 7.51. The van der Waals surface area contributed by atoms with Crippen LogP contribution in [0, 0.1) is 5.82 Å². The van der Waals surface area contributed by atoms with E-state index in [1.54, 1.807) is 47.8 Å². The summed E-state index contributed by atoms with van der Waals surface area (Å²) in [6.45, 7) is 0.466. The second-order valence-corrected chi connectivity index (χ2v) is 6.88. The van der Waals surface area contributed by atoms with E-state index >= 15 is 0 Å². The molecule has 0 bridgehead atoms. The summed E-state index contributed by atoms with van der Waals surface area (Å²) in [5.74, 6) is -0.543. The zero-order valence-corrected chi connectivity index (χ0v) is 15.0. The minimum Gasteiger partial charge on any atom is -0.346 e. The summed E-state index contributed by atoms with van der Waals surface area (Å²) in [6.07, 6.45) is 3.50. The maximum absolute atomic E-state index is 13.3. The van der Waals surface area contributed by atoms with Crippen LogP contribution >= 0.6 is 11.3 Å². The van der Waals surface area contributed by atoms with E-state index in [4.69, 9.17) is 0 Å². The van der Waals surface area contributed by atoms with Crippen molar-refractivity contribution in [1.29, 1.82) is 0 Å². The van der Waals surface area contributed by atoms with Crippen LogP contribution in [0.2, 0.25) is 0 Å². The number of hydrogen-bond acceptors (Lipinski definition) is 4. The Hall–Kier alpha value is -3.32. The Labute approximate surface area is 158 Å². The number of thiophene rings is 1. The molecule has 0 spiro atoms. The Balaban J connectivity index is 1.56. The van der Waals surface area contributed by atoms with E-state index in [0.29, 0.717) is 23.4 Å². The summed E-state index contributed by atoms with van der Waals surface area (Å²) >= 11 is 1.59. The highest BCUT2D eigenvalue weighted by atomic mass is 32.1. The first kappa shape index (κ1) is 17.1. The van der Waals surface area contributed by atoms with Crippen LogP contribution in [0.25, 0.3) is 23.2 Å². The first-order valence-corrected chi connectivity index (χ1v) is 9.16. The molecule has 0 aliphatic carbocycles. The van der Waals surface area contributed by atoms with Gasteiger partial charge < -0.3 is 5.32 Å². The number of aromatic nitrogens is 3. The minimum absolute atomic E-state index is 0.244. The number of fused-ring (bicyclic) bond motifs is 1. The average molecular weight is 378 g/mol. The second-order valence-electron chi connectivity index (χ2n) is 5.85. The van der Waals surface area contributed by atoms with E-state index in [1.165, 1.54) is 12.1 Å². The number of amides is 1. The SMILES string of the molecule is O=C(NCc1cccs1)c1ccc2[nH]nc(C=Cc3cccc(F)c3)c2n1. The number of H-pyrrole nitrogens is 1. The van der Waals surface area contributed by atoms with E-state index in [0.717, 1.165) is 16.0 Å². The zero-order chi connectivity index (χ0) is 18.6. The molecule has 0 aliphatic heterocycles. The third-order valence-corrected chi connectivity index (χ3v) is 4.83. The molecule has 3 heterocycles. The highest BCUT2D eigenvalue weighted by molar-refractivity contribution is 7.09. The first-order valence-electron chi connectivity index (χ1n) is 8.28. The van der Waals surface area contributed by atoms with Gasteiger partial charge in [-0.3, -0.25) is 9.89 Å². The molecule has 134 valence electrons. The Bertz CT molecular complexity index is 1120. The van der Waals surface area contributed by atoms with Crippen LogP contribution in [0.1, 0.15) is 26.6 Å². The van der Waals surface area contributed by atoms with Gasteiger partial charge in [0.15, 0.2) is 0 Å². The molecule has 0 saturated carbocycles. The fourth-order valence-electron chi connectivity index (χ4n) is 2.62. The molecule has 27 heavy (non-hydrogen) atoms. The Morgan fingerprint density at radius 1 is 1.19 bits per heavy atom. The maximum atomic E-state index is 13.3. The molecular formula is C20H15FN4OS. The lowest BCUT2D eigenvalue weighted by Crippen LogP contribution is -2.23. The third-order valence-electron chi connectivity index (χ3n) is 3.95. The minimum atomic E-state index is -0.299. The number of hydrogen-bond donors (Lipinski definition) is 2. The van der Waals surface area contributed by atoms with Gasteiger partial charge in [0.05, 0.1) is 12.1 Å². The Morgan fingerprint density at radius 3 is 2.93 bits per heavy atom. The van der Waals surface area contributed by atoms with Crippen LogP contribution in [0.15, 0.2) is 53.9 Å². The average Bonchev–Trinajstić information content (AvgIpc) is 3.34. The molecule has 2 N–H and O–H groups in total. The molecule has 0 aliphatic rings. The summed E-state index contributed by atoms with van der Waals surface area (Å²) in [5.41, 5.74) is 2.94. The molecule has 0 saturated heterocycles. The number of rotatable bonds is 5. The van der Waals surface area contributed by atoms with Crippen molar-refractivity contribution in [2.75, 3.05) is 0 Å². The quantitative estimate of drug-likeness (QED) is 0.545. The van der Waals surface area contributed by atoms with Crippen molar-refractivity contribution in [3.05, 3.63) is 81.6 Å². The Kier molecular flexibility index (Phi) is 4.76. The summed E-state index contributed by atoms with van der Waals surface area (Å²) in [5, 5.41) is 11.9. The van der Waals surface area contributed by atoms with Crippen molar-refractivity contribution < 1.29 is 9.18 Å². The monoisotopic (exact) mass is 378 g/mol. The van der Waals surface area contributed by atoms with Gasteiger partial charge in [-0.2, -0.15) is 5.10 Å². The van der Waals surface area contributed by atoms with Crippen molar-refractivity contribution in [3.63, 3.8) is 0 Å². The van der Waals surface area contributed by atoms with Crippen LogP contribution in [0.5, 0.6) is 0 Å². The van der Waals surface area contributed by atoms with Crippen molar-refractivity contribution in [1.82, 2.24) is 20.5 Å². The van der Waals surface area contributed by atoms with Crippen molar-refractivity contribution in [2.45, 2.75) is 6.54 Å². The molecule has 3 aromatic heterocycles. The number of halogens is 1. The lowest BCUT2D eigenvalue weighted by atomic mass is 10.2. The van der Waals surface area contributed by atoms with Crippen LogP contribution in [0.3, 0.4) is 0 Å². The van der Waals surface area contributed by atoms with Crippen molar-refractivity contribution >= 4 is 40.4 Å². The standard InChI is InChI=1S/C20H15FN4OS/c21-14-4-1-3-13(11-14)6-7-16-19-17(25-24-16)8-9-18(23-19)20(26)22-12-15-5-2-10-27-15/h1-11H,12H2,(H,22,26)(H,24,25).